The highest BCUT2D eigenvalue weighted by atomic mass is 35.5. The average Bonchev–Trinajstić information content (AvgIpc) is 2.85. The molecule has 2 aromatic rings. The topological polar surface area (TPSA) is 95.2 Å². The van der Waals surface area contributed by atoms with Crippen LogP contribution in [0.4, 0.5) is 0 Å². The summed E-state index contributed by atoms with van der Waals surface area (Å²) in [5, 5.41) is 16.3. The Morgan fingerprint density at radius 1 is 1.35 bits per heavy atom. The van der Waals surface area contributed by atoms with Crippen molar-refractivity contribution in [3.8, 4) is 17.4 Å². The fourth-order valence-corrected chi connectivity index (χ4v) is 2.61. The molecule has 8 nitrogen and oxygen atoms in total. The second-order valence-electron chi connectivity index (χ2n) is 5.28. The maximum atomic E-state index is 11.5. The van der Waals surface area contributed by atoms with Gasteiger partial charge in [-0.1, -0.05) is 28.4 Å². The molecular formula is C16H17Cl2N3O5. The first-order valence-corrected chi connectivity index (χ1v) is 8.16. The first-order valence-electron chi connectivity index (χ1n) is 7.40. The van der Waals surface area contributed by atoms with E-state index < -0.39 is 12.1 Å². The Balaban J connectivity index is 2.36. The summed E-state index contributed by atoms with van der Waals surface area (Å²) in [5.74, 6) is 0.299. The molecule has 1 aromatic carbocycles. The molecule has 10 heteroatoms. The molecule has 1 atom stereocenters. The van der Waals surface area contributed by atoms with Gasteiger partial charge >= 0.3 is 5.97 Å². The zero-order valence-electron chi connectivity index (χ0n) is 14.5. The van der Waals surface area contributed by atoms with Crippen molar-refractivity contribution < 1.29 is 24.2 Å². The van der Waals surface area contributed by atoms with Crippen LogP contribution >= 0.6 is 23.2 Å². The maximum absolute atomic E-state index is 11.5. The van der Waals surface area contributed by atoms with Crippen molar-refractivity contribution in [2.75, 3.05) is 7.11 Å². The summed E-state index contributed by atoms with van der Waals surface area (Å²) >= 11 is 12.3. The fourth-order valence-electron chi connectivity index (χ4n) is 2.14. The van der Waals surface area contributed by atoms with Crippen molar-refractivity contribution in [1.82, 2.24) is 9.78 Å². The predicted molar refractivity (Wildman–Crippen MR) is 96.0 cm³/mol. The highest BCUT2D eigenvalue weighted by Gasteiger charge is 2.20. The Morgan fingerprint density at radius 2 is 2.00 bits per heavy atom. The minimum atomic E-state index is -0.864. The Hall–Kier alpha value is -2.45. The number of carbonyl (C=O) groups excluding carboxylic acids is 1. The van der Waals surface area contributed by atoms with Gasteiger partial charge in [0.2, 0.25) is 5.88 Å². The van der Waals surface area contributed by atoms with Gasteiger partial charge in [-0.3, -0.25) is 0 Å². The van der Waals surface area contributed by atoms with Gasteiger partial charge in [-0.2, -0.15) is 5.10 Å². The van der Waals surface area contributed by atoms with E-state index in [4.69, 9.17) is 37.9 Å². The second-order valence-corrected chi connectivity index (χ2v) is 6.10. The van der Waals surface area contributed by atoms with E-state index in [0.29, 0.717) is 17.1 Å². The number of hydrogen-bond donors (Lipinski definition) is 1. The van der Waals surface area contributed by atoms with Crippen molar-refractivity contribution in [3.05, 3.63) is 33.4 Å². The van der Waals surface area contributed by atoms with Crippen molar-refractivity contribution in [2.24, 2.45) is 12.2 Å². The van der Waals surface area contributed by atoms with E-state index in [-0.39, 0.29) is 21.5 Å². The molecule has 0 aliphatic heterocycles. The number of oxime groups is 1. The van der Waals surface area contributed by atoms with Crippen LogP contribution in [0.15, 0.2) is 17.3 Å². The lowest BCUT2D eigenvalue weighted by Gasteiger charge is -2.16. The Labute approximate surface area is 159 Å². The number of ether oxygens (including phenoxy) is 3. The van der Waals surface area contributed by atoms with Crippen LogP contribution in [0.25, 0.3) is 0 Å². The second kappa shape index (κ2) is 8.29. The third-order valence-corrected chi connectivity index (χ3v) is 4.06. The van der Waals surface area contributed by atoms with Gasteiger partial charge in [0, 0.05) is 18.7 Å². The van der Waals surface area contributed by atoms with Crippen LogP contribution in [0.1, 0.15) is 18.2 Å². The van der Waals surface area contributed by atoms with Gasteiger partial charge in [0.15, 0.2) is 11.9 Å². The van der Waals surface area contributed by atoms with Crippen LogP contribution in [-0.2, 0) is 16.6 Å². The summed E-state index contributed by atoms with van der Waals surface area (Å²) in [5.41, 5.74) is 1.08. The van der Waals surface area contributed by atoms with E-state index in [9.17, 15) is 4.79 Å². The molecule has 1 aromatic heterocycles. The van der Waals surface area contributed by atoms with Crippen molar-refractivity contribution in [1.29, 1.82) is 0 Å². The number of aromatic nitrogens is 2. The number of esters is 1. The van der Waals surface area contributed by atoms with Gasteiger partial charge in [-0.05, 0) is 19.9 Å². The molecule has 2 rings (SSSR count). The van der Waals surface area contributed by atoms with Gasteiger partial charge in [-0.25, -0.2) is 9.48 Å². The molecule has 1 N–H and O–H groups in total. The summed E-state index contributed by atoms with van der Waals surface area (Å²) in [6.45, 7) is 3.28. The highest BCUT2D eigenvalue weighted by molar-refractivity contribution is 6.36. The van der Waals surface area contributed by atoms with Crippen LogP contribution in [-0.4, -0.2) is 40.4 Å². The van der Waals surface area contributed by atoms with E-state index in [2.05, 4.69) is 15.0 Å². The number of hydrogen-bond acceptors (Lipinski definition) is 7. The van der Waals surface area contributed by atoms with Gasteiger partial charge in [0.25, 0.3) is 0 Å². The maximum Gasteiger partial charge on any atom is 0.346 e. The number of aryl methyl sites for hydroxylation is 1. The minimum Gasteiger partial charge on any atom is -0.477 e. The zero-order valence-corrected chi connectivity index (χ0v) is 16.0. The van der Waals surface area contributed by atoms with Crippen LogP contribution < -0.4 is 9.47 Å². The summed E-state index contributed by atoms with van der Waals surface area (Å²) in [7, 11) is 2.93. The lowest BCUT2D eigenvalue weighted by atomic mass is 10.2. The van der Waals surface area contributed by atoms with Crippen LogP contribution in [0.5, 0.6) is 17.4 Å². The number of benzene rings is 1. The number of nitrogens with zero attached hydrogens (tertiary/aromatic N) is 3. The first-order chi connectivity index (χ1) is 12.3. The molecule has 0 aliphatic rings. The van der Waals surface area contributed by atoms with Gasteiger partial charge < -0.3 is 19.4 Å². The number of rotatable bonds is 6. The molecule has 1 heterocycles. The van der Waals surface area contributed by atoms with E-state index in [1.54, 1.807) is 14.0 Å². The van der Waals surface area contributed by atoms with Crippen molar-refractivity contribution in [2.45, 2.75) is 20.0 Å². The monoisotopic (exact) mass is 401 g/mol. The van der Waals surface area contributed by atoms with Crippen molar-refractivity contribution in [3.63, 3.8) is 0 Å². The lowest BCUT2D eigenvalue weighted by Crippen LogP contribution is -2.25. The van der Waals surface area contributed by atoms with Crippen LogP contribution in [0.3, 0.4) is 0 Å². The molecule has 26 heavy (non-hydrogen) atoms. The molecule has 0 saturated heterocycles. The largest absolute Gasteiger partial charge is 0.477 e. The lowest BCUT2D eigenvalue weighted by molar-refractivity contribution is -0.147. The van der Waals surface area contributed by atoms with Crippen LogP contribution in [0.2, 0.25) is 10.0 Å². The van der Waals surface area contributed by atoms with E-state index in [1.807, 2.05) is 0 Å². The van der Waals surface area contributed by atoms with Crippen LogP contribution in [0, 0.1) is 6.92 Å². The zero-order chi connectivity index (χ0) is 19.4. The highest BCUT2D eigenvalue weighted by Crippen LogP contribution is 2.39. The third-order valence-electron chi connectivity index (χ3n) is 3.47. The smallest absolute Gasteiger partial charge is 0.346 e. The summed E-state index contributed by atoms with van der Waals surface area (Å²) in [4.78, 5) is 11.5. The standard InChI is InChI=1S/C16H17Cl2N3O5/c1-8-12(7-19-23)20-21(3)15(8)26-14-6-13(10(17)5-11(14)18)25-9(2)16(22)24-4/h5-7,9,23H,1-4H3/t9-/m0/s1. The molecule has 0 amide bonds. The molecule has 0 unspecified atom stereocenters. The van der Waals surface area contributed by atoms with E-state index in [0.717, 1.165) is 0 Å². The normalized spacial score (nSPS) is 12.2. The molecule has 0 radical (unpaired) electrons. The Morgan fingerprint density at radius 3 is 2.62 bits per heavy atom. The van der Waals surface area contributed by atoms with Gasteiger partial charge in [0.1, 0.15) is 11.4 Å². The molecule has 0 bridgehead atoms. The molecule has 0 spiro atoms. The third kappa shape index (κ3) is 4.20. The average molecular weight is 402 g/mol. The SMILES string of the molecule is COC(=O)[C@H](C)Oc1cc(Oc2c(C)c(C=NO)nn2C)c(Cl)cc1Cl. The Bertz CT molecular complexity index is 851. The molecule has 0 fully saturated rings. The predicted octanol–water partition coefficient (Wildman–Crippen LogP) is 3.58. The molecule has 140 valence electrons. The minimum absolute atomic E-state index is 0.209. The number of methoxy groups -OCH3 is 1. The van der Waals surface area contributed by atoms with Gasteiger partial charge in [-0.15, -0.1) is 0 Å². The van der Waals surface area contributed by atoms with Gasteiger partial charge in [0.05, 0.1) is 23.4 Å². The number of halogens is 2. The van der Waals surface area contributed by atoms with E-state index in [1.165, 1.54) is 37.1 Å². The van der Waals surface area contributed by atoms with E-state index >= 15 is 0 Å². The first kappa shape index (κ1) is 19.9. The van der Waals surface area contributed by atoms with Crippen molar-refractivity contribution >= 4 is 35.4 Å². The summed E-state index contributed by atoms with van der Waals surface area (Å²) in [6, 6.07) is 2.91. The quantitative estimate of drug-likeness (QED) is 0.344. The fraction of sp³-hybridized carbons (Fsp3) is 0.312. The summed E-state index contributed by atoms with van der Waals surface area (Å²) in [6.07, 6.45) is 0.329. The Kier molecular flexibility index (Phi) is 6.33. The molecular weight excluding hydrogens is 385 g/mol. The molecule has 0 aliphatic carbocycles. The molecule has 0 saturated carbocycles. The summed E-state index contributed by atoms with van der Waals surface area (Å²) < 4.78 is 17.4. The number of carbonyl (C=O) groups is 1.